The number of carbonyl (C=O) groups excluding carboxylic acids is 1. The van der Waals surface area contributed by atoms with E-state index in [1.807, 2.05) is 12.1 Å². The van der Waals surface area contributed by atoms with Crippen molar-refractivity contribution in [1.29, 1.82) is 0 Å². The Morgan fingerprint density at radius 3 is 2.76 bits per heavy atom. The van der Waals surface area contributed by atoms with Gasteiger partial charge in [-0.2, -0.15) is 0 Å². The molecule has 1 rings (SSSR count). The second kappa shape index (κ2) is 7.19. The van der Waals surface area contributed by atoms with Gasteiger partial charge in [0, 0.05) is 34.9 Å². The first kappa shape index (κ1) is 13.9. The van der Waals surface area contributed by atoms with Crippen molar-refractivity contribution in [2.45, 2.75) is 13.0 Å². The van der Waals surface area contributed by atoms with Crippen LogP contribution in [-0.4, -0.2) is 28.7 Å². The van der Waals surface area contributed by atoms with E-state index in [-0.39, 0.29) is 0 Å². The molecule has 0 radical (unpaired) electrons. The first-order chi connectivity index (χ1) is 8.11. The lowest BCUT2D eigenvalue weighted by molar-refractivity contribution is 0.0999. The maximum Gasteiger partial charge on any atom is 0.249 e. The summed E-state index contributed by atoms with van der Waals surface area (Å²) in [7, 11) is -0.739. The molecule has 0 aliphatic rings. The van der Waals surface area contributed by atoms with Gasteiger partial charge in [0.05, 0.1) is 0 Å². The lowest BCUT2D eigenvalue weighted by Gasteiger charge is -2.07. The fraction of sp³-hybridized carbons (Fsp3) is 0.417. The molecule has 0 fully saturated rings. The van der Waals surface area contributed by atoms with Crippen molar-refractivity contribution in [3.05, 3.63) is 35.4 Å². The van der Waals surface area contributed by atoms with E-state index in [1.165, 1.54) is 0 Å². The summed E-state index contributed by atoms with van der Waals surface area (Å²) in [5, 5.41) is 3.21. The van der Waals surface area contributed by atoms with Gasteiger partial charge < -0.3 is 11.1 Å². The highest BCUT2D eigenvalue weighted by atomic mass is 32.2. The van der Waals surface area contributed by atoms with Gasteiger partial charge in [0.2, 0.25) is 5.91 Å². The molecule has 0 saturated carbocycles. The van der Waals surface area contributed by atoms with Crippen molar-refractivity contribution in [1.82, 2.24) is 5.32 Å². The molecule has 1 aromatic carbocycles. The van der Waals surface area contributed by atoms with Crippen molar-refractivity contribution in [2.75, 3.05) is 18.6 Å². The molecule has 1 atom stereocenters. The van der Waals surface area contributed by atoms with E-state index in [0.717, 1.165) is 18.5 Å². The van der Waals surface area contributed by atoms with E-state index >= 15 is 0 Å². The van der Waals surface area contributed by atoms with E-state index < -0.39 is 16.7 Å². The third-order valence-electron chi connectivity index (χ3n) is 2.38. The van der Waals surface area contributed by atoms with Crippen LogP contribution >= 0.6 is 0 Å². The van der Waals surface area contributed by atoms with E-state index in [0.29, 0.717) is 17.9 Å². The van der Waals surface area contributed by atoms with Gasteiger partial charge in [-0.3, -0.25) is 9.00 Å². The first-order valence-electron chi connectivity index (χ1n) is 5.49. The monoisotopic (exact) mass is 254 g/mol. The van der Waals surface area contributed by atoms with Gasteiger partial charge in [-0.25, -0.2) is 0 Å². The third kappa shape index (κ3) is 5.10. The summed E-state index contributed by atoms with van der Waals surface area (Å²) in [6.07, 6.45) is 2.56. The molecule has 94 valence electrons. The van der Waals surface area contributed by atoms with Crippen LogP contribution in [0.3, 0.4) is 0 Å². The maximum atomic E-state index is 11.2. The van der Waals surface area contributed by atoms with E-state index in [2.05, 4.69) is 5.32 Å². The number of nitrogens with one attached hydrogen (secondary N) is 1. The van der Waals surface area contributed by atoms with Crippen LogP contribution in [0.1, 0.15) is 22.3 Å². The summed E-state index contributed by atoms with van der Waals surface area (Å²) in [5.74, 6) is 0.293. The summed E-state index contributed by atoms with van der Waals surface area (Å²) in [4.78, 5) is 11.2. The molecule has 0 aliphatic carbocycles. The van der Waals surface area contributed by atoms with Crippen LogP contribution in [0, 0.1) is 0 Å². The Bertz CT molecular complexity index is 407. The molecule has 1 unspecified atom stereocenters. The van der Waals surface area contributed by atoms with Gasteiger partial charge in [-0.05, 0) is 24.6 Å². The number of nitrogens with two attached hydrogens (primary N) is 1. The minimum absolute atomic E-state index is 0.405. The Morgan fingerprint density at radius 2 is 2.12 bits per heavy atom. The minimum atomic E-state index is -0.739. The predicted molar refractivity (Wildman–Crippen MR) is 70.2 cm³/mol. The summed E-state index contributed by atoms with van der Waals surface area (Å²) in [5.41, 5.74) is 6.73. The lowest BCUT2D eigenvalue weighted by atomic mass is 10.1. The summed E-state index contributed by atoms with van der Waals surface area (Å²) < 4.78 is 10.8. The highest BCUT2D eigenvalue weighted by Crippen LogP contribution is 2.07. The van der Waals surface area contributed by atoms with Gasteiger partial charge in [0.25, 0.3) is 0 Å². The number of carbonyl (C=O) groups is 1. The molecule has 3 N–H and O–H groups in total. The molecule has 17 heavy (non-hydrogen) atoms. The molecular weight excluding hydrogens is 236 g/mol. The standard InChI is InChI=1S/C12H18N2O2S/c1-17(16)8-4-7-14-9-10-5-2-3-6-11(10)12(13)15/h2-3,5-6,14H,4,7-9H2,1H3,(H2,13,15). The number of hydrogen-bond acceptors (Lipinski definition) is 3. The van der Waals surface area contributed by atoms with Gasteiger partial charge >= 0.3 is 0 Å². The van der Waals surface area contributed by atoms with Gasteiger partial charge in [-0.15, -0.1) is 0 Å². The van der Waals surface area contributed by atoms with Crippen molar-refractivity contribution in [2.24, 2.45) is 5.73 Å². The van der Waals surface area contributed by atoms with Gasteiger partial charge in [0.1, 0.15) is 0 Å². The second-order valence-electron chi connectivity index (χ2n) is 3.83. The Labute approximate surface area is 104 Å². The van der Waals surface area contributed by atoms with Gasteiger partial charge in [0.15, 0.2) is 0 Å². The smallest absolute Gasteiger partial charge is 0.249 e. The van der Waals surface area contributed by atoms with Crippen molar-refractivity contribution < 1.29 is 9.00 Å². The molecular formula is C12H18N2O2S. The number of rotatable bonds is 7. The number of primary amides is 1. The zero-order valence-electron chi connectivity index (χ0n) is 9.94. The first-order valence-corrected chi connectivity index (χ1v) is 7.22. The van der Waals surface area contributed by atoms with Gasteiger partial charge in [-0.1, -0.05) is 18.2 Å². The fourth-order valence-corrected chi connectivity index (χ4v) is 2.09. The summed E-state index contributed by atoms with van der Waals surface area (Å²) >= 11 is 0. The third-order valence-corrected chi connectivity index (χ3v) is 3.25. The molecule has 0 aromatic heterocycles. The van der Waals surface area contributed by atoms with E-state index in [9.17, 15) is 9.00 Å². The largest absolute Gasteiger partial charge is 0.366 e. The van der Waals surface area contributed by atoms with Crippen molar-refractivity contribution >= 4 is 16.7 Å². The van der Waals surface area contributed by atoms with Crippen LogP contribution in [0.4, 0.5) is 0 Å². The Balaban J connectivity index is 2.41. The van der Waals surface area contributed by atoms with Crippen molar-refractivity contribution in [3.63, 3.8) is 0 Å². The quantitative estimate of drug-likeness (QED) is 0.702. The minimum Gasteiger partial charge on any atom is -0.366 e. The molecule has 0 bridgehead atoms. The Morgan fingerprint density at radius 1 is 1.41 bits per heavy atom. The predicted octanol–water partition coefficient (Wildman–Crippen LogP) is 0.644. The molecule has 1 amide bonds. The molecule has 0 spiro atoms. The molecule has 1 aromatic rings. The van der Waals surface area contributed by atoms with E-state index in [1.54, 1.807) is 18.4 Å². The number of hydrogen-bond donors (Lipinski definition) is 2. The molecule has 0 saturated heterocycles. The van der Waals surface area contributed by atoms with Crippen LogP contribution in [0.5, 0.6) is 0 Å². The van der Waals surface area contributed by atoms with Crippen LogP contribution in [0.25, 0.3) is 0 Å². The SMILES string of the molecule is CS(=O)CCCNCc1ccccc1C(N)=O. The zero-order chi connectivity index (χ0) is 12.7. The zero-order valence-corrected chi connectivity index (χ0v) is 10.8. The number of benzene rings is 1. The lowest BCUT2D eigenvalue weighted by Crippen LogP contribution is -2.20. The van der Waals surface area contributed by atoms with Crippen LogP contribution in [0.15, 0.2) is 24.3 Å². The topological polar surface area (TPSA) is 72.2 Å². The van der Waals surface area contributed by atoms with E-state index in [4.69, 9.17) is 5.73 Å². The number of amides is 1. The average Bonchev–Trinajstić information content (AvgIpc) is 2.28. The van der Waals surface area contributed by atoms with Crippen LogP contribution < -0.4 is 11.1 Å². The molecule has 5 heteroatoms. The normalized spacial score (nSPS) is 12.3. The Hall–Kier alpha value is -1.20. The molecule has 4 nitrogen and oxygen atoms in total. The highest BCUT2D eigenvalue weighted by Gasteiger charge is 2.05. The van der Waals surface area contributed by atoms with Crippen molar-refractivity contribution in [3.8, 4) is 0 Å². The molecule has 0 heterocycles. The summed E-state index contributed by atoms with van der Waals surface area (Å²) in [6, 6.07) is 7.28. The Kier molecular flexibility index (Phi) is 5.86. The summed E-state index contributed by atoms with van der Waals surface area (Å²) in [6.45, 7) is 1.39. The maximum absolute atomic E-state index is 11.2. The highest BCUT2D eigenvalue weighted by molar-refractivity contribution is 7.84. The van der Waals surface area contributed by atoms with Crippen LogP contribution in [-0.2, 0) is 17.3 Å². The molecule has 0 aliphatic heterocycles. The average molecular weight is 254 g/mol. The fourth-order valence-electron chi connectivity index (χ4n) is 1.54. The van der Waals surface area contributed by atoms with Crippen LogP contribution in [0.2, 0.25) is 0 Å². The second-order valence-corrected chi connectivity index (χ2v) is 5.38.